The van der Waals surface area contributed by atoms with E-state index in [1.54, 1.807) is 6.20 Å². The number of aromatic nitrogens is 3. The van der Waals surface area contributed by atoms with Crippen LogP contribution in [0.5, 0.6) is 0 Å². The van der Waals surface area contributed by atoms with E-state index in [4.69, 9.17) is 4.74 Å². The largest absolute Gasteiger partial charge is 0.381 e. The Hall–Kier alpha value is -2.45. The lowest BCUT2D eigenvalue weighted by Crippen LogP contribution is -2.55. The van der Waals surface area contributed by atoms with Gasteiger partial charge in [0.15, 0.2) is 0 Å². The Morgan fingerprint density at radius 2 is 2.00 bits per heavy atom. The molecule has 29 heavy (non-hydrogen) atoms. The average molecular weight is 396 g/mol. The van der Waals surface area contributed by atoms with Crippen LogP contribution < -0.4 is 10.7 Å². The van der Waals surface area contributed by atoms with Gasteiger partial charge in [-0.15, -0.1) is 0 Å². The van der Waals surface area contributed by atoms with E-state index < -0.39 is 0 Å². The first-order valence-electron chi connectivity index (χ1n) is 10.5. The smallest absolute Gasteiger partial charge is 0.273 e. The Bertz CT molecular complexity index is 863. The lowest BCUT2D eigenvalue weighted by Gasteiger charge is -2.35. The fraction of sp³-hybridized carbons (Fsp3) is 0.571. The summed E-state index contributed by atoms with van der Waals surface area (Å²) in [6, 6.07) is 4.13. The van der Waals surface area contributed by atoms with E-state index in [0.29, 0.717) is 23.4 Å². The number of imidazole rings is 1. The van der Waals surface area contributed by atoms with Crippen molar-refractivity contribution in [2.75, 3.05) is 31.7 Å². The summed E-state index contributed by atoms with van der Waals surface area (Å²) in [6.07, 6.45) is 7.17. The highest BCUT2D eigenvalue weighted by atomic mass is 16.5. The first-order valence-corrected chi connectivity index (χ1v) is 10.5. The molecule has 5 heterocycles. The van der Waals surface area contributed by atoms with Crippen LogP contribution in [0.3, 0.4) is 0 Å². The minimum atomic E-state index is -0.0970. The van der Waals surface area contributed by atoms with Crippen molar-refractivity contribution in [2.45, 2.75) is 38.4 Å². The van der Waals surface area contributed by atoms with Gasteiger partial charge in [-0.2, -0.15) is 0 Å². The number of carbonyl (C=O) groups is 1. The van der Waals surface area contributed by atoms with Crippen LogP contribution in [0, 0.1) is 11.8 Å². The summed E-state index contributed by atoms with van der Waals surface area (Å²) in [4.78, 5) is 23.9. The van der Waals surface area contributed by atoms with Gasteiger partial charge in [0.05, 0.1) is 6.20 Å². The molecule has 3 unspecified atom stereocenters. The van der Waals surface area contributed by atoms with E-state index in [9.17, 15) is 4.79 Å². The third-order valence-corrected chi connectivity index (χ3v) is 6.49. The maximum Gasteiger partial charge on any atom is 0.273 e. The van der Waals surface area contributed by atoms with Crippen LogP contribution in [-0.4, -0.2) is 57.9 Å². The highest BCUT2D eigenvalue weighted by Gasteiger charge is 2.40. The molecule has 2 N–H and O–H groups in total. The maximum absolute atomic E-state index is 12.8. The molecule has 2 saturated heterocycles. The first-order chi connectivity index (χ1) is 14.2. The second kappa shape index (κ2) is 7.76. The molecule has 2 fully saturated rings. The summed E-state index contributed by atoms with van der Waals surface area (Å²) in [6.45, 7) is 6.66. The molecular formula is C21H28N6O2. The third-order valence-electron chi connectivity index (χ3n) is 6.49. The Kier molecular flexibility index (Phi) is 4.97. The van der Waals surface area contributed by atoms with E-state index in [1.807, 2.05) is 17.1 Å². The molecule has 0 aromatic carbocycles. The molecule has 0 saturated carbocycles. The summed E-state index contributed by atoms with van der Waals surface area (Å²) in [5.74, 6) is 2.06. The van der Waals surface area contributed by atoms with Crippen LogP contribution in [-0.2, 0) is 11.3 Å². The highest BCUT2D eigenvalue weighted by molar-refractivity contribution is 5.93. The quantitative estimate of drug-likeness (QED) is 0.816. The SMILES string of the molecule is CC1CN(Cc2ccncc2)CC1C1NC(=O)c2cnc(C3CCOCC3)n2N1. The predicted molar refractivity (Wildman–Crippen MR) is 108 cm³/mol. The number of nitrogens with one attached hydrogen (secondary N) is 2. The predicted octanol–water partition coefficient (Wildman–Crippen LogP) is 1.55. The molecule has 2 aromatic heterocycles. The fourth-order valence-corrected chi connectivity index (χ4v) is 4.90. The van der Waals surface area contributed by atoms with Crippen LogP contribution in [0.4, 0.5) is 0 Å². The monoisotopic (exact) mass is 396 g/mol. The second-order valence-electron chi connectivity index (χ2n) is 8.49. The van der Waals surface area contributed by atoms with Crippen molar-refractivity contribution in [3.05, 3.63) is 47.8 Å². The van der Waals surface area contributed by atoms with Crippen molar-refractivity contribution >= 4 is 5.91 Å². The number of hydrogen-bond donors (Lipinski definition) is 2. The molecule has 1 amide bonds. The van der Waals surface area contributed by atoms with Crippen molar-refractivity contribution in [2.24, 2.45) is 11.8 Å². The Balaban J connectivity index is 1.31. The van der Waals surface area contributed by atoms with Gasteiger partial charge in [-0.3, -0.25) is 14.7 Å². The average Bonchev–Trinajstić information content (AvgIpc) is 3.33. The molecule has 2 aromatic rings. The zero-order chi connectivity index (χ0) is 19.8. The van der Waals surface area contributed by atoms with Crippen LogP contribution >= 0.6 is 0 Å². The van der Waals surface area contributed by atoms with Crippen molar-refractivity contribution in [1.82, 2.24) is 24.9 Å². The van der Waals surface area contributed by atoms with E-state index in [2.05, 4.69) is 44.7 Å². The molecule has 5 rings (SSSR count). The summed E-state index contributed by atoms with van der Waals surface area (Å²) in [5, 5.41) is 3.17. The second-order valence-corrected chi connectivity index (χ2v) is 8.49. The van der Waals surface area contributed by atoms with Crippen LogP contribution in [0.1, 0.15) is 47.6 Å². The molecule has 8 nitrogen and oxygen atoms in total. The van der Waals surface area contributed by atoms with E-state index >= 15 is 0 Å². The van der Waals surface area contributed by atoms with Crippen LogP contribution in [0.25, 0.3) is 0 Å². The molecule has 3 aliphatic heterocycles. The molecule has 154 valence electrons. The molecular weight excluding hydrogens is 368 g/mol. The van der Waals surface area contributed by atoms with Crippen molar-refractivity contribution < 1.29 is 9.53 Å². The van der Waals surface area contributed by atoms with Gasteiger partial charge in [0, 0.05) is 57.1 Å². The molecule has 3 atom stereocenters. The molecule has 0 radical (unpaired) electrons. The van der Waals surface area contributed by atoms with Gasteiger partial charge < -0.3 is 15.5 Å². The lowest BCUT2D eigenvalue weighted by molar-refractivity contribution is 0.0818. The number of amides is 1. The molecule has 3 aliphatic rings. The number of likely N-dealkylation sites (tertiary alicyclic amines) is 1. The van der Waals surface area contributed by atoms with Crippen molar-refractivity contribution in [1.29, 1.82) is 0 Å². The molecule has 8 heteroatoms. The Labute approximate surface area is 170 Å². The van der Waals surface area contributed by atoms with E-state index in [0.717, 1.165) is 51.5 Å². The third kappa shape index (κ3) is 3.62. The Morgan fingerprint density at radius 3 is 2.79 bits per heavy atom. The van der Waals surface area contributed by atoms with Gasteiger partial charge in [0.25, 0.3) is 5.91 Å². The lowest BCUT2D eigenvalue weighted by atomic mass is 9.94. The van der Waals surface area contributed by atoms with Gasteiger partial charge in [0.1, 0.15) is 17.7 Å². The fourth-order valence-electron chi connectivity index (χ4n) is 4.90. The molecule has 0 spiro atoms. The minimum Gasteiger partial charge on any atom is -0.381 e. The summed E-state index contributed by atoms with van der Waals surface area (Å²) >= 11 is 0. The molecule has 0 aliphatic carbocycles. The first kappa shape index (κ1) is 18.6. The number of hydrogen-bond acceptors (Lipinski definition) is 6. The topological polar surface area (TPSA) is 84.3 Å². The highest BCUT2D eigenvalue weighted by Crippen LogP contribution is 2.31. The number of nitrogens with zero attached hydrogens (tertiary/aromatic N) is 4. The zero-order valence-corrected chi connectivity index (χ0v) is 16.8. The van der Waals surface area contributed by atoms with Gasteiger partial charge in [-0.05, 0) is 36.5 Å². The van der Waals surface area contributed by atoms with Crippen molar-refractivity contribution in [3.8, 4) is 0 Å². The van der Waals surface area contributed by atoms with E-state index in [-0.39, 0.29) is 12.1 Å². The standard InChI is InChI=1S/C21H28N6O2/c1-14-11-26(12-15-2-6-22-7-3-15)13-17(14)19-24-21(28)18-10-23-20(27(18)25-19)16-4-8-29-9-5-16/h2-3,6-7,10,14,16-17,19,25H,4-5,8-9,11-13H2,1H3,(H,24,28). The van der Waals surface area contributed by atoms with Gasteiger partial charge in [0.2, 0.25) is 0 Å². The van der Waals surface area contributed by atoms with Crippen LogP contribution in [0.15, 0.2) is 30.7 Å². The number of pyridine rings is 1. The maximum atomic E-state index is 12.8. The number of rotatable bonds is 4. The molecule has 0 bridgehead atoms. The summed E-state index contributed by atoms with van der Waals surface area (Å²) in [5.41, 5.74) is 5.44. The van der Waals surface area contributed by atoms with Crippen molar-refractivity contribution in [3.63, 3.8) is 0 Å². The van der Waals surface area contributed by atoms with Crippen LogP contribution in [0.2, 0.25) is 0 Å². The summed E-state index contributed by atoms with van der Waals surface area (Å²) < 4.78 is 7.44. The van der Waals surface area contributed by atoms with Gasteiger partial charge in [-0.25, -0.2) is 9.66 Å². The Morgan fingerprint density at radius 1 is 1.21 bits per heavy atom. The number of carbonyl (C=O) groups excluding carboxylic acids is 1. The zero-order valence-electron chi connectivity index (χ0n) is 16.8. The normalized spacial score (nSPS) is 28.0. The number of ether oxygens (including phenoxy) is 1. The minimum absolute atomic E-state index is 0.0423. The summed E-state index contributed by atoms with van der Waals surface area (Å²) in [7, 11) is 0. The number of fused-ring (bicyclic) bond motifs is 1. The van der Waals surface area contributed by atoms with Gasteiger partial charge in [-0.1, -0.05) is 6.92 Å². The van der Waals surface area contributed by atoms with Gasteiger partial charge >= 0.3 is 0 Å². The van der Waals surface area contributed by atoms with E-state index in [1.165, 1.54) is 5.56 Å².